The van der Waals surface area contributed by atoms with Crippen molar-refractivity contribution in [2.45, 2.75) is 45.8 Å². The molecule has 3 aromatic rings. The van der Waals surface area contributed by atoms with Crippen molar-refractivity contribution in [2.24, 2.45) is 0 Å². The van der Waals surface area contributed by atoms with Gasteiger partial charge in [0.15, 0.2) is 5.65 Å². The zero-order valence-electron chi connectivity index (χ0n) is 18.1. The van der Waals surface area contributed by atoms with E-state index in [1.54, 1.807) is 23.0 Å². The van der Waals surface area contributed by atoms with Crippen LogP contribution in [0.25, 0.3) is 11.0 Å². The predicted molar refractivity (Wildman–Crippen MR) is 115 cm³/mol. The summed E-state index contributed by atoms with van der Waals surface area (Å²) in [5.41, 5.74) is 1.60. The summed E-state index contributed by atoms with van der Waals surface area (Å²) in [6.45, 7) is 6.33. The van der Waals surface area contributed by atoms with Gasteiger partial charge in [-0.05, 0) is 38.0 Å². The molecule has 0 fully saturated rings. The van der Waals surface area contributed by atoms with Crippen molar-refractivity contribution in [1.29, 1.82) is 0 Å². The predicted octanol–water partition coefficient (Wildman–Crippen LogP) is 4.68. The monoisotopic (exact) mass is 447 g/mol. The van der Waals surface area contributed by atoms with Gasteiger partial charge >= 0.3 is 6.18 Å². The first-order chi connectivity index (χ1) is 15.0. The second-order valence-corrected chi connectivity index (χ2v) is 7.97. The number of fused-ring (bicyclic) bond motifs is 1. The number of anilines is 1. The molecule has 0 aliphatic heterocycles. The number of aromatic nitrogens is 3. The summed E-state index contributed by atoms with van der Waals surface area (Å²) in [5, 5.41) is 9.36. The molecule has 10 heteroatoms. The van der Waals surface area contributed by atoms with E-state index in [0.29, 0.717) is 22.3 Å². The molecule has 0 aliphatic carbocycles. The molecule has 2 heterocycles. The second kappa shape index (κ2) is 8.97. The quantitative estimate of drug-likeness (QED) is 0.574. The normalized spacial score (nSPS) is 11.9. The number of halogens is 3. The number of nitrogens with zero attached hydrogens (tertiary/aromatic N) is 3. The molecule has 0 spiro atoms. The van der Waals surface area contributed by atoms with E-state index >= 15 is 0 Å². The van der Waals surface area contributed by atoms with Crippen LogP contribution in [0, 0.1) is 0 Å². The first kappa shape index (κ1) is 23.2. The fourth-order valence-electron chi connectivity index (χ4n) is 3.15. The van der Waals surface area contributed by atoms with Crippen molar-refractivity contribution in [3.63, 3.8) is 0 Å². The van der Waals surface area contributed by atoms with E-state index in [2.05, 4.69) is 15.4 Å². The van der Waals surface area contributed by atoms with Crippen LogP contribution < -0.4 is 10.6 Å². The molecule has 0 atom stereocenters. The Morgan fingerprint density at radius 1 is 1.06 bits per heavy atom. The third-order valence-corrected chi connectivity index (χ3v) is 4.78. The molecular formula is C22H24F3N5O2. The number of hydrogen-bond donors (Lipinski definition) is 2. The second-order valence-electron chi connectivity index (χ2n) is 7.97. The van der Waals surface area contributed by atoms with Crippen LogP contribution >= 0.6 is 0 Å². The van der Waals surface area contributed by atoms with Crippen molar-refractivity contribution < 1.29 is 22.8 Å². The van der Waals surface area contributed by atoms with Gasteiger partial charge in [-0.1, -0.05) is 26.0 Å². The van der Waals surface area contributed by atoms with Gasteiger partial charge in [0.1, 0.15) is 6.54 Å². The van der Waals surface area contributed by atoms with Crippen LogP contribution in [-0.2, 0) is 0 Å². The fourth-order valence-corrected chi connectivity index (χ4v) is 3.15. The van der Waals surface area contributed by atoms with Crippen LogP contribution in [0.4, 0.5) is 18.9 Å². The van der Waals surface area contributed by atoms with Gasteiger partial charge < -0.3 is 10.6 Å². The molecule has 2 N–H and O–H groups in total. The number of benzene rings is 1. The van der Waals surface area contributed by atoms with E-state index in [0.717, 1.165) is 0 Å². The standard InChI is InChI=1S/C22H24F3N5O2/c1-12(2)18-9-15(16-10-27-30(13(3)4)19(16)28-18)21(32)29-17-8-6-5-7-14(17)20(31)26-11-22(23,24)25/h5-10,12-13H,11H2,1-4H3,(H,26,31)(H,29,32). The maximum absolute atomic E-state index is 13.2. The highest BCUT2D eigenvalue weighted by molar-refractivity contribution is 6.14. The van der Waals surface area contributed by atoms with Gasteiger partial charge in [-0.3, -0.25) is 9.59 Å². The average Bonchev–Trinajstić information content (AvgIpc) is 3.15. The summed E-state index contributed by atoms with van der Waals surface area (Å²) in [7, 11) is 0. The van der Waals surface area contributed by atoms with E-state index in [-0.39, 0.29) is 23.2 Å². The third kappa shape index (κ3) is 5.06. The van der Waals surface area contributed by atoms with Gasteiger partial charge in [-0.15, -0.1) is 0 Å². The minimum absolute atomic E-state index is 0.0244. The molecule has 0 aliphatic rings. The van der Waals surface area contributed by atoms with E-state index in [1.165, 1.54) is 18.2 Å². The molecule has 7 nitrogen and oxygen atoms in total. The molecular weight excluding hydrogens is 423 g/mol. The Labute approximate surface area is 183 Å². The summed E-state index contributed by atoms with van der Waals surface area (Å²) < 4.78 is 39.1. The number of rotatable bonds is 6. The largest absolute Gasteiger partial charge is 0.405 e. The number of alkyl halides is 3. The number of nitrogens with one attached hydrogen (secondary N) is 2. The number of pyridine rings is 1. The van der Waals surface area contributed by atoms with E-state index in [4.69, 9.17) is 0 Å². The molecule has 3 rings (SSSR count). The molecule has 170 valence electrons. The summed E-state index contributed by atoms with van der Waals surface area (Å²) >= 11 is 0. The minimum Gasteiger partial charge on any atom is -0.343 e. The van der Waals surface area contributed by atoms with Crippen LogP contribution in [0.1, 0.15) is 66.1 Å². The molecule has 0 unspecified atom stereocenters. The molecule has 0 radical (unpaired) electrons. The summed E-state index contributed by atoms with van der Waals surface area (Å²) in [4.78, 5) is 30.1. The van der Waals surface area contributed by atoms with E-state index in [1.807, 2.05) is 33.0 Å². The van der Waals surface area contributed by atoms with Gasteiger partial charge in [0.25, 0.3) is 11.8 Å². The Bertz CT molecular complexity index is 1150. The van der Waals surface area contributed by atoms with E-state index in [9.17, 15) is 22.8 Å². The van der Waals surface area contributed by atoms with Crippen LogP contribution in [0.3, 0.4) is 0 Å². The lowest BCUT2D eigenvalue weighted by Crippen LogP contribution is -2.34. The Kier molecular flexibility index (Phi) is 6.52. The highest BCUT2D eigenvalue weighted by Crippen LogP contribution is 2.26. The molecule has 0 bridgehead atoms. The smallest absolute Gasteiger partial charge is 0.343 e. The summed E-state index contributed by atoms with van der Waals surface area (Å²) in [6, 6.07) is 7.58. The van der Waals surface area contributed by atoms with Crippen molar-refractivity contribution in [1.82, 2.24) is 20.1 Å². The van der Waals surface area contributed by atoms with Gasteiger partial charge in [0.2, 0.25) is 0 Å². The van der Waals surface area contributed by atoms with Crippen molar-refractivity contribution in [3.8, 4) is 0 Å². The first-order valence-electron chi connectivity index (χ1n) is 10.1. The molecule has 32 heavy (non-hydrogen) atoms. The van der Waals surface area contributed by atoms with Crippen LogP contribution in [0.15, 0.2) is 36.5 Å². The number of carbonyl (C=O) groups excluding carboxylic acids is 2. The van der Waals surface area contributed by atoms with Gasteiger partial charge in [0, 0.05) is 11.7 Å². The zero-order valence-corrected chi connectivity index (χ0v) is 18.1. The van der Waals surface area contributed by atoms with Gasteiger partial charge in [-0.2, -0.15) is 18.3 Å². The molecule has 2 aromatic heterocycles. The fraction of sp³-hybridized carbons (Fsp3) is 0.364. The maximum atomic E-state index is 13.2. The van der Waals surface area contributed by atoms with Gasteiger partial charge in [-0.25, -0.2) is 9.67 Å². The minimum atomic E-state index is -4.54. The highest BCUT2D eigenvalue weighted by atomic mass is 19.4. The zero-order chi connectivity index (χ0) is 23.6. The highest BCUT2D eigenvalue weighted by Gasteiger charge is 2.28. The third-order valence-electron chi connectivity index (χ3n) is 4.78. The lowest BCUT2D eigenvalue weighted by molar-refractivity contribution is -0.123. The van der Waals surface area contributed by atoms with Crippen LogP contribution in [0.5, 0.6) is 0 Å². The Morgan fingerprint density at radius 2 is 1.75 bits per heavy atom. The Balaban J connectivity index is 1.97. The summed E-state index contributed by atoms with van der Waals surface area (Å²) in [5.74, 6) is -1.41. The molecule has 0 saturated carbocycles. The molecule has 2 amide bonds. The lowest BCUT2D eigenvalue weighted by Gasteiger charge is -2.14. The molecule has 1 aromatic carbocycles. The van der Waals surface area contributed by atoms with Crippen molar-refractivity contribution in [2.75, 3.05) is 11.9 Å². The Hall–Kier alpha value is -3.43. The van der Waals surface area contributed by atoms with E-state index < -0.39 is 24.5 Å². The maximum Gasteiger partial charge on any atom is 0.405 e. The number of carbonyl (C=O) groups is 2. The van der Waals surface area contributed by atoms with Crippen molar-refractivity contribution in [3.05, 3.63) is 53.3 Å². The number of hydrogen-bond acceptors (Lipinski definition) is 4. The SMILES string of the molecule is CC(C)c1cc(C(=O)Nc2ccccc2C(=O)NCC(F)(F)F)c2cnn(C(C)C)c2n1. The van der Waals surface area contributed by atoms with Crippen molar-refractivity contribution >= 4 is 28.5 Å². The van der Waals surface area contributed by atoms with Gasteiger partial charge in [0.05, 0.1) is 28.4 Å². The Morgan fingerprint density at radius 3 is 2.38 bits per heavy atom. The average molecular weight is 447 g/mol. The summed E-state index contributed by atoms with van der Waals surface area (Å²) in [6.07, 6.45) is -2.98. The van der Waals surface area contributed by atoms with Crippen LogP contribution in [-0.4, -0.2) is 39.3 Å². The molecule has 0 saturated heterocycles. The topological polar surface area (TPSA) is 88.9 Å². The number of amides is 2. The first-order valence-corrected chi connectivity index (χ1v) is 10.1. The number of para-hydroxylation sites is 1. The lowest BCUT2D eigenvalue weighted by atomic mass is 10.0. The van der Waals surface area contributed by atoms with Crippen LogP contribution in [0.2, 0.25) is 0 Å².